The number of rotatable bonds is 1. The largest absolute Gasteiger partial charge is 0.282 e. The first-order valence-electron chi connectivity index (χ1n) is 4.91. The third kappa shape index (κ3) is 1.46. The maximum Gasteiger partial charge on any atom is 0.153 e. The summed E-state index contributed by atoms with van der Waals surface area (Å²) >= 11 is 0. The minimum Gasteiger partial charge on any atom is -0.282 e. The molecule has 1 aromatic carbocycles. The van der Waals surface area contributed by atoms with Gasteiger partial charge in [0.15, 0.2) is 5.82 Å². The molecular weight excluding hydrogens is 207 g/mol. The molecule has 1 aliphatic heterocycles. The fourth-order valence-corrected chi connectivity index (χ4v) is 1.69. The lowest BCUT2D eigenvalue weighted by atomic mass is 10.3. The number of aromatic nitrogens is 2. The highest BCUT2D eigenvalue weighted by Gasteiger charge is 2.19. The Morgan fingerprint density at radius 3 is 2.81 bits per heavy atom. The average Bonchev–Trinajstić information content (AvgIpc) is 2.73. The zero-order chi connectivity index (χ0) is 11.0. The van der Waals surface area contributed by atoms with Crippen molar-refractivity contribution < 1.29 is 4.39 Å². The van der Waals surface area contributed by atoms with Crippen molar-refractivity contribution in [2.24, 2.45) is 0 Å². The van der Waals surface area contributed by atoms with Gasteiger partial charge in [0.1, 0.15) is 12.1 Å². The number of halogens is 1. The molecule has 3 rings (SSSR count). The van der Waals surface area contributed by atoms with E-state index in [1.54, 1.807) is 18.3 Å². The van der Waals surface area contributed by atoms with Gasteiger partial charge in [0, 0.05) is 11.8 Å². The van der Waals surface area contributed by atoms with Crippen molar-refractivity contribution in [3.05, 3.63) is 48.2 Å². The Bertz CT molecular complexity index is 487. The molecule has 2 heterocycles. The van der Waals surface area contributed by atoms with E-state index in [-0.39, 0.29) is 5.82 Å². The van der Waals surface area contributed by atoms with Crippen molar-refractivity contribution in [2.75, 3.05) is 10.4 Å². The first kappa shape index (κ1) is 9.08. The van der Waals surface area contributed by atoms with E-state index < -0.39 is 0 Å². The van der Waals surface area contributed by atoms with Crippen LogP contribution in [-0.4, -0.2) is 9.97 Å². The summed E-state index contributed by atoms with van der Waals surface area (Å²) in [6.07, 6.45) is 3.28. The van der Waals surface area contributed by atoms with Crippen LogP contribution in [0.3, 0.4) is 0 Å². The van der Waals surface area contributed by atoms with E-state index in [1.807, 2.05) is 5.01 Å². The zero-order valence-electron chi connectivity index (χ0n) is 8.39. The van der Waals surface area contributed by atoms with Crippen LogP contribution < -0.4 is 10.4 Å². The second kappa shape index (κ2) is 3.44. The third-order valence-corrected chi connectivity index (χ3v) is 2.50. The van der Waals surface area contributed by atoms with Crippen LogP contribution in [0.15, 0.2) is 36.8 Å². The Kier molecular flexibility index (Phi) is 1.96. The molecule has 1 aliphatic rings. The predicted octanol–water partition coefficient (Wildman–Crippen LogP) is 1.96. The molecule has 0 unspecified atom stereocenters. The van der Waals surface area contributed by atoms with Crippen LogP contribution in [0.5, 0.6) is 0 Å². The number of hydrogen-bond acceptors (Lipinski definition) is 4. The summed E-state index contributed by atoms with van der Waals surface area (Å²) in [5.74, 6) is 0.569. The van der Waals surface area contributed by atoms with Crippen molar-refractivity contribution >= 4 is 11.5 Å². The molecular formula is C11H9FN4. The quantitative estimate of drug-likeness (QED) is 0.791. The van der Waals surface area contributed by atoms with Crippen LogP contribution in [0.2, 0.25) is 0 Å². The molecule has 4 nitrogen and oxygen atoms in total. The van der Waals surface area contributed by atoms with Crippen LogP contribution in [0.1, 0.15) is 5.56 Å². The maximum atomic E-state index is 12.8. The summed E-state index contributed by atoms with van der Waals surface area (Å²) in [4.78, 5) is 8.08. The lowest BCUT2D eigenvalue weighted by Crippen LogP contribution is -2.22. The Morgan fingerprint density at radius 1 is 1.25 bits per heavy atom. The summed E-state index contributed by atoms with van der Waals surface area (Å²) in [6, 6.07) is 6.32. The first-order chi connectivity index (χ1) is 7.83. The molecule has 0 atom stereocenters. The highest BCUT2D eigenvalue weighted by molar-refractivity contribution is 5.60. The van der Waals surface area contributed by atoms with Crippen LogP contribution in [0.25, 0.3) is 0 Å². The van der Waals surface area contributed by atoms with E-state index in [0.717, 1.165) is 17.1 Å². The molecule has 0 saturated carbocycles. The van der Waals surface area contributed by atoms with Gasteiger partial charge in [0.05, 0.1) is 12.2 Å². The fraction of sp³-hybridized carbons (Fsp3) is 0.0909. The lowest BCUT2D eigenvalue weighted by molar-refractivity contribution is 0.627. The van der Waals surface area contributed by atoms with Gasteiger partial charge in [0.2, 0.25) is 0 Å². The van der Waals surface area contributed by atoms with Crippen molar-refractivity contribution in [1.82, 2.24) is 9.97 Å². The van der Waals surface area contributed by atoms with Gasteiger partial charge in [-0.1, -0.05) is 0 Å². The molecule has 0 aliphatic carbocycles. The smallest absolute Gasteiger partial charge is 0.153 e. The lowest BCUT2D eigenvalue weighted by Gasteiger charge is -2.17. The van der Waals surface area contributed by atoms with Crippen molar-refractivity contribution in [1.29, 1.82) is 0 Å². The SMILES string of the molecule is Fc1ccc(N2Cc3cncnc3N2)cc1. The Hall–Kier alpha value is -2.17. The van der Waals surface area contributed by atoms with Crippen molar-refractivity contribution in [3.63, 3.8) is 0 Å². The van der Waals surface area contributed by atoms with E-state index >= 15 is 0 Å². The molecule has 5 heteroatoms. The third-order valence-electron chi connectivity index (χ3n) is 2.50. The number of nitrogens with zero attached hydrogens (tertiary/aromatic N) is 3. The van der Waals surface area contributed by atoms with Gasteiger partial charge in [0.25, 0.3) is 0 Å². The van der Waals surface area contributed by atoms with Gasteiger partial charge in [-0.25, -0.2) is 14.4 Å². The van der Waals surface area contributed by atoms with Gasteiger partial charge >= 0.3 is 0 Å². The second-order valence-electron chi connectivity index (χ2n) is 3.57. The normalized spacial score (nSPS) is 13.4. The highest BCUT2D eigenvalue weighted by Crippen LogP contribution is 2.26. The summed E-state index contributed by atoms with van der Waals surface area (Å²) in [6.45, 7) is 0.682. The monoisotopic (exact) mass is 216 g/mol. The average molecular weight is 216 g/mol. The van der Waals surface area contributed by atoms with Gasteiger partial charge in [-0.2, -0.15) is 0 Å². The summed E-state index contributed by atoms with van der Waals surface area (Å²) in [5.41, 5.74) is 5.07. The van der Waals surface area contributed by atoms with Gasteiger partial charge in [-0.15, -0.1) is 0 Å². The second-order valence-corrected chi connectivity index (χ2v) is 3.57. The van der Waals surface area contributed by atoms with E-state index in [4.69, 9.17) is 0 Å². The molecule has 1 N–H and O–H groups in total. The van der Waals surface area contributed by atoms with E-state index in [1.165, 1.54) is 18.5 Å². The number of benzene rings is 1. The molecule has 2 aromatic rings. The van der Waals surface area contributed by atoms with Gasteiger partial charge in [-0.05, 0) is 24.3 Å². The maximum absolute atomic E-state index is 12.8. The predicted molar refractivity (Wildman–Crippen MR) is 58.2 cm³/mol. The number of anilines is 2. The molecule has 80 valence electrons. The minimum absolute atomic E-state index is 0.236. The molecule has 0 radical (unpaired) electrons. The molecule has 16 heavy (non-hydrogen) atoms. The van der Waals surface area contributed by atoms with Crippen LogP contribution in [0, 0.1) is 5.82 Å². The Labute approximate surface area is 91.7 Å². The van der Waals surface area contributed by atoms with Crippen LogP contribution in [0.4, 0.5) is 15.9 Å². The highest BCUT2D eigenvalue weighted by atomic mass is 19.1. The standard InChI is InChI=1S/C11H9FN4/c12-9-1-3-10(4-2-9)16-6-8-5-13-7-14-11(8)15-16/h1-5,7H,6H2,(H,13,14,15). The molecule has 0 spiro atoms. The number of nitrogens with one attached hydrogen (secondary N) is 1. The summed E-state index contributed by atoms with van der Waals surface area (Å²) < 4.78 is 12.8. The van der Waals surface area contributed by atoms with E-state index in [9.17, 15) is 4.39 Å². The number of fused-ring (bicyclic) bond motifs is 1. The first-order valence-corrected chi connectivity index (χ1v) is 4.91. The zero-order valence-corrected chi connectivity index (χ0v) is 8.39. The van der Waals surface area contributed by atoms with Crippen LogP contribution in [-0.2, 0) is 6.54 Å². The molecule has 0 saturated heterocycles. The van der Waals surface area contributed by atoms with Gasteiger partial charge in [-0.3, -0.25) is 10.4 Å². The van der Waals surface area contributed by atoms with Crippen molar-refractivity contribution in [2.45, 2.75) is 6.54 Å². The topological polar surface area (TPSA) is 41.1 Å². The number of hydrazine groups is 1. The molecule has 1 aromatic heterocycles. The summed E-state index contributed by atoms with van der Waals surface area (Å²) in [7, 11) is 0. The van der Waals surface area contributed by atoms with Crippen LogP contribution >= 0.6 is 0 Å². The Morgan fingerprint density at radius 2 is 2.06 bits per heavy atom. The van der Waals surface area contributed by atoms with Crippen molar-refractivity contribution in [3.8, 4) is 0 Å². The minimum atomic E-state index is -0.236. The Balaban J connectivity index is 1.88. The number of hydrogen-bond donors (Lipinski definition) is 1. The van der Waals surface area contributed by atoms with Gasteiger partial charge < -0.3 is 0 Å². The molecule has 0 fully saturated rings. The molecule has 0 bridgehead atoms. The molecule has 0 amide bonds. The fourth-order valence-electron chi connectivity index (χ4n) is 1.69. The van der Waals surface area contributed by atoms with E-state index in [2.05, 4.69) is 15.4 Å². The van der Waals surface area contributed by atoms with E-state index in [0.29, 0.717) is 6.54 Å². The summed E-state index contributed by atoms with van der Waals surface area (Å²) in [5, 5.41) is 1.90.